The van der Waals surface area contributed by atoms with E-state index in [1.54, 1.807) is 7.11 Å². The van der Waals surface area contributed by atoms with E-state index in [0.717, 1.165) is 28.6 Å². The van der Waals surface area contributed by atoms with E-state index in [0.29, 0.717) is 6.04 Å². The van der Waals surface area contributed by atoms with Gasteiger partial charge in [0.05, 0.1) is 24.7 Å². The van der Waals surface area contributed by atoms with E-state index < -0.39 is 0 Å². The number of ether oxygens (including phenoxy) is 1. The lowest BCUT2D eigenvalue weighted by molar-refractivity contribution is 0.414. The Morgan fingerprint density at radius 2 is 2.18 bits per heavy atom. The molecular weight excluding hydrogens is 276 g/mol. The molecule has 0 saturated heterocycles. The summed E-state index contributed by atoms with van der Waals surface area (Å²) in [5, 5.41) is 3.49. The summed E-state index contributed by atoms with van der Waals surface area (Å²) in [5.41, 5.74) is 2.76. The Kier molecular flexibility index (Phi) is 3.18. The number of hydrogen-bond acceptors (Lipinski definition) is 4. The van der Waals surface area contributed by atoms with E-state index in [1.807, 2.05) is 47.1 Å². The summed E-state index contributed by atoms with van der Waals surface area (Å²) in [5.74, 6) is 1.74. The Morgan fingerprint density at radius 3 is 2.95 bits per heavy atom. The molecular formula is C17H18N4O. The smallest absolute Gasteiger partial charge is 0.140 e. The van der Waals surface area contributed by atoms with Crippen LogP contribution in [0.25, 0.3) is 17.0 Å². The van der Waals surface area contributed by atoms with Crippen molar-refractivity contribution in [1.29, 1.82) is 0 Å². The molecule has 3 aromatic heterocycles. The van der Waals surface area contributed by atoms with Gasteiger partial charge in [-0.3, -0.25) is 4.40 Å². The van der Waals surface area contributed by atoms with Gasteiger partial charge in [-0.2, -0.15) is 0 Å². The summed E-state index contributed by atoms with van der Waals surface area (Å²) < 4.78 is 7.27. The summed E-state index contributed by atoms with van der Waals surface area (Å²) in [6, 6.07) is 10.5. The summed E-state index contributed by atoms with van der Waals surface area (Å²) in [7, 11) is 1.66. The molecule has 0 atom stereocenters. The lowest BCUT2D eigenvalue weighted by atomic mass is 9.93. The van der Waals surface area contributed by atoms with Crippen molar-refractivity contribution in [1.82, 2.24) is 14.4 Å². The molecule has 3 heterocycles. The zero-order valence-corrected chi connectivity index (χ0v) is 12.5. The van der Waals surface area contributed by atoms with Crippen LogP contribution in [0.1, 0.15) is 19.3 Å². The Morgan fingerprint density at radius 1 is 1.27 bits per heavy atom. The Labute approximate surface area is 129 Å². The predicted molar refractivity (Wildman–Crippen MR) is 86.2 cm³/mol. The third-order valence-corrected chi connectivity index (χ3v) is 4.19. The number of aromatic nitrogens is 3. The second-order valence-electron chi connectivity index (χ2n) is 5.62. The van der Waals surface area contributed by atoms with E-state index >= 15 is 0 Å². The molecule has 1 aliphatic carbocycles. The molecule has 0 unspecified atom stereocenters. The van der Waals surface area contributed by atoms with Crippen LogP contribution in [0.2, 0.25) is 0 Å². The molecule has 0 aliphatic heterocycles. The van der Waals surface area contributed by atoms with Crippen LogP contribution in [0.3, 0.4) is 0 Å². The third kappa shape index (κ3) is 2.28. The normalized spacial score (nSPS) is 14.8. The van der Waals surface area contributed by atoms with Crippen molar-refractivity contribution in [3.8, 4) is 17.1 Å². The second kappa shape index (κ2) is 5.33. The predicted octanol–water partition coefficient (Wildman–Crippen LogP) is 3.37. The quantitative estimate of drug-likeness (QED) is 0.801. The molecule has 0 aromatic carbocycles. The molecule has 22 heavy (non-hydrogen) atoms. The molecule has 5 nitrogen and oxygen atoms in total. The lowest BCUT2D eigenvalue weighted by Gasteiger charge is -2.27. The first kappa shape index (κ1) is 13.1. The van der Waals surface area contributed by atoms with Gasteiger partial charge in [0.15, 0.2) is 0 Å². The fourth-order valence-corrected chi connectivity index (χ4v) is 2.70. The molecule has 1 N–H and O–H groups in total. The number of methoxy groups -OCH3 is 1. The molecule has 1 aliphatic rings. The molecule has 0 spiro atoms. The van der Waals surface area contributed by atoms with Gasteiger partial charge in [-0.15, -0.1) is 0 Å². The maximum Gasteiger partial charge on any atom is 0.140 e. The largest absolute Gasteiger partial charge is 0.497 e. The van der Waals surface area contributed by atoms with Gasteiger partial charge in [0.25, 0.3) is 0 Å². The van der Waals surface area contributed by atoms with Crippen molar-refractivity contribution in [2.45, 2.75) is 25.3 Å². The van der Waals surface area contributed by atoms with E-state index in [9.17, 15) is 0 Å². The number of rotatable bonds is 4. The van der Waals surface area contributed by atoms with Gasteiger partial charge in [0.2, 0.25) is 0 Å². The first-order valence-corrected chi connectivity index (χ1v) is 7.58. The van der Waals surface area contributed by atoms with Crippen LogP contribution in [0.5, 0.6) is 5.75 Å². The van der Waals surface area contributed by atoms with Crippen molar-refractivity contribution in [2.24, 2.45) is 0 Å². The zero-order chi connectivity index (χ0) is 14.9. The van der Waals surface area contributed by atoms with Crippen LogP contribution in [0, 0.1) is 0 Å². The number of nitrogens with one attached hydrogen (secondary N) is 1. The van der Waals surface area contributed by atoms with Gasteiger partial charge < -0.3 is 10.1 Å². The first-order chi connectivity index (χ1) is 10.8. The van der Waals surface area contributed by atoms with Crippen LogP contribution < -0.4 is 10.1 Å². The Hall–Kier alpha value is -2.56. The summed E-state index contributed by atoms with van der Waals surface area (Å²) >= 11 is 0. The van der Waals surface area contributed by atoms with Crippen molar-refractivity contribution < 1.29 is 4.74 Å². The van der Waals surface area contributed by atoms with Gasteiger partial charge in [-0.05, 0) is 37.5 Å². The van der Waals surface area contributed by atoms with Gasteiger partial charge in [0.1, 0.15) is 17.2 Å². The SMILES string of the molecule is COc1ccn2c(-c3cccc(NC4CCC4)n3)cnc2c1. The van der Waals surface area contributed by atoms with E-state index in [1.165, 1.54) is 19.3 Å². The fourth-order valence-electron chi connectivity index (χ4n) is 2.70. The second-order valence-corrected chi connectivity index (χ2v) is 5.62. The molecule has 3 aromatic rings. The lowest BCUT2D eigenvalue weighted by Crippen LogP contribution is -2.27. The highest BCUT2D eigenvalue weighted by atomic mass is 16.5. The first-order valence-electron chi connectivity index (χ1n) is 7.58. The van der Waals surface area contributed by atoms with Crippen molar-refractivity contribution in [3.63, 3.8) is 0 Å². The number of hydrogen-bond donors (Lipinski definition) is 1. The highest BCUT2D eigenvalue weighted by Crippen LogP contribution is 2.25. The Bertz CT molecular complexity index is 807. The van der Waals surface area contributed by atoms with E-state index in [4.69, 9.17) is 9.72 Å². The molecule has 0 bridgehead atoms. The van der Waals surface area contributed by atoms with Crippen molar-refractivity contribution >= 4 is 11.5 Å². The van der Waals surface area contributed by atoms with Gasteiger partial charge in [0, 0.05) is 18.3 Å². The minimum Gasteiger partial charge on any atom is -0.497 e. The van der Waals surface area contributed by atoms with Gasteiger partial charge >= 0.3 is 0 Å². The molecule has 0 amide bonds. The van der Waals surface area contributed by atoms with E-state index in [2.05, 4.69) is 10.3 Å². The molecule has 0 radical (unpaired) electrons. The van der Waals surface area contributed by atoms with E-state index in [-0.39, 0.29) is 0 Å². The number of imidazole rings is 1. The summed E-state index contributed by atoms with van der Waals surface area (Å²) in [4.78, 5) is 9.17. The van der Waals surface area contributed by atoms with Crippen LogP contribution in [-0.2, 0) is 0 Å². The highest BCUT2D eigenvalue weighted by Gasteiger charge is 2.17. The average Bonchev–Trinajstić information content (AvgIpc) is 2.94. The zero-order valence-electron chi connectivity index (χ0n) is 12.5. The highest BCUT2D eigenvalue weighted by molar-refractivity contribution is 5.62. The standard InChI is InChI=1S/C17H18N4O/c1-22-13-8-9-21-15(11-18-17(21)10-13)14-6-3-7-16(20-14)19-12-4-2-5-12/h3,6-12H,2,4-5H2,1H3,(H,19,20). The topological polar surface area (TPSA) is 51.5 Å². The van der Waals surface area contributed by atoms with Crippen LogP contribution in [-0.4, -0.2) is 27.5 Å². The summed E-state index contributed by atoms with van der Waals surface area (Å²) in [6.45, 7) is 0. The maximum absolute atomic E-state index is 5.24. The van der Waals surface area contributed by atoms with Gasteiger partial charge in [-0.25, -0.2) is 9.97 Å². The maximum atomic E-state index is 5.24. The Balaban J connectivity index is 1.70. The minimum absolute atomic E-state index is 0.578. The van der Waals surface area contributed by atoms with Gasteiger partial charge in [-0.1, -0.05) is 6.07 Å². The fraction of sp³-hybridized carbons (Fsp3) is 0.294. The number of fused-ring (bicyclic) bond motifs is 1. The molecule has 4 rings (SSSR count). The molecule has 112 valence electrons. The van der Waals surface area contributed by atoms with Crippen molar-refractivity contribution in [2.75, 3.05) is 12.4 Å². The number of anilines is 1. The monoisotopic (exact) mass is 294 g/mol. The molecule has 5 heteroatoms. The number of nitrogens with zero attached hydrogens (tertiary/aromatic N) is 3. The van der Waals surface area contributed by atoms with Crippen molar-refractivity contribution in [3.05, 3.63) is 42.7 Å². The van der Waals surface area contributed by atoms with Crippen LogP contribution in [0.4, 0.5) is 5.82 Å². The molecule has 1 saturated carbocycles. The van der Waals surface area contributed by atoms with Crippen LogP contribution in [0.15, 0.2) is 42.7 Å². The minimum atomic E-state index is 0.578. The molecule has 1 fully saturated rings. The third-order valence-electron chi connectivity index (χ3n) is 4.19. The van der Waals surface area contributed by atoms with Crippen LogP contribution >= 0.6 is 0 Å². The number of pyridine rings is 2. The average molecular weight is 294 g/mol. The summed E-state index contributed by atoms with van der Waals surface area (Å²) in [6.07, 6.45) is 7.60.